The van der Waals surface area contributed by atoms with Crippen LogP contribution in [-0.4, -0.2) is 19.0 Å². The summed E-state index contributed by atoms with van der Waals surface area (Å²) in [5.41, 5.74) is 2.53. The Morgan fingerprint density at radius 3 is 2.50 bits per heavy atom. The Hall–Kier alpha value is -2.56. The van der Waals surface area contributed by atoms with Gasteiger partial charge in [0.25, 0.3) is 5.91 Å². The maximum atomic E-state index is 12.1. The van der Waals surface area contributed by atoms with Gasteiger partial charge in [-0.3, -0.25) is 4.79 Å². The predicted octanol–water partition coefficient (Wildman–Crippen LogP) is 2.94. The van der Waals surface area contributed by atoms with Gasteiger partial charge in [0.15, 0.2) is 5.76 Å². The summed E-state index contributed by atoms with van der Waals surface area (Å²) in [5, 5.41) is 2.73. The van der Waals surface area contributed by atoms with Gasteiger partial charge in [0.1, 0.15) is 0 Å². The van der Waals surface area contributed by atoms with E-state index in [-0.39, 0.29) is 11.7 Å². The molecule has 0 atom stereocenters. The number of rotatable bonds is 3. The molecule has 104 valence electrons. The Balaban J connectivity index is 2.27. The van der Waals surface area contributed by atoms with Crippen LogP contribution in [0, 0.1) is 13.8 Å². The zero-order valence-electron chi connectivity index (χ0n) is 11.5. The van der Waals surface area contributed by atoms with Crippen LogP contribution in [0.2, 0.25) is 0 Å². The number of amides is 1. The first-order valence-corrected chi connectivity index (χ1v) is 6.07. The second-order valence-electron chi connectivity index (χ2n) is 4.41. The van der Waals surface area contributed by atoms with Crippen LogP contribution >= 0.6 is 0 Å². The van der Waals surface area contributed by atoms with Crippen molar-refractivity contribution in [3.05, 3.63) is 53.0 Å². The summed E-state index contributed by atoms with van der Waals surface area (Å²) in [7, 11) is 1.31. The monoisotopic (exact) mass is 273 g/mol. The molecule has 0 aliphatic heterocycles. The highest BCUT2D eigenvalue weighted by molar-refractivity contribution is 6.04. The van der Waals surface area contributed by atoms with Crippen molar-refractivity contribution in [2.45, 2.75) is 13.8 Å². The Bertz CT molecular complexity index is 658. The van der Waals surface area contributed by atoms with Crippen molar-refractivity contribution < 1.29 is 18.7 Å². The second-order valence-corrected chi connectivity index (χ2v) is 4.41. The van der Waals surface area contributed by atoms with Crippen molar-refractivity contribution >= 4 is 17.6 Å². The molecule has 0 fully saturated rings. The molecule has 0 radical (unpaired) electrons. The molecule has 0 unspecified atom stereocenters. The molecule has 0 saturated heterocycles. The maximum Gasteiger partial charge on any atom is 0.337 e. The van der Waals surface area contributed by atoms with Crippen LogP contribution in [0.25, 0.3) is 0 Å². The number of methoxy groups -OCH3 is 1. The molecule has 0 aliphatic carbocycles. The highest BCUT2D eigenvalue weighted by Gasteiger charge is 2.15. The lowest BCUT2D eigenvalue weighted by Crippen LogP contribution is -2.14. The van der Waals surface area contributed by atoms with E-state index in [1.807, 2.05) is 6.92 Å². The average molecular weight is 273 g/mol. The fourth-order valence-electron chi connectivity index (χ4n) is 1.79. The van der Waals surface area contributed by atoms with Gasteiger partial charge in [-0.05, 0) is 37.6 Å². The van der Waals surface area contributed by atoms with Crippen LogP contribution in [0.5, 0.6) is 0 Å². The Morgan fingerprint density at radius 1 is 1.15 bits per heavy atom. The van der Waals surface area contributed by atoms with Crippen LogP contribution < -0.4 is 5.32 Å². The minimum Gasteiger partial charge on any atom is -0.465 e. The highest BCUT2D eigenvalue weighted by Crippen LogP contribution is 2.19. The number of nitrogens with one attached hydrogen (secondary N) is 1. The number of esters is 1. The third-order valence-electron chi connectivity index (χ3n) is 2.98. The number of ether oxygens (including phenoxy) is 1. The molecule has 5 nitrogen and oxygen atoms in total. The van der Waals surface area contributed by atoms with Crippen LogP contribution in [-0.2, 0) is 4.74 Å². The Labute approximate surface area is 116 Å². The molecule has 0 spiro atoms. The number of carbonyl (C=O) groups excluding carboxylic acids is 2. The van der Waals surface area contributed by atoms with E-state index in [0.717, 1.165) is 11.1 Å². The lowest BCUT2D eigenvalue weighted by molar-refractivity contribution is 0.0600. The normalized spacial score (nSPS) is 10.2. The van der Waals surface area contributed by atoms with Crippen LogP contribution in [0.1, 0.15) is 32.0 Å². The van der Waals surface area contributed by atoms with Crippen LogP contribution in [0.15, 0.2) is 34.9 Å². The van der Waals surface area contributed by atoms with Crippen molar-refractivity contribution in [1.29, 1.82) is 0 Å². The van der Waals surface area contributed by atoms with E-state index < -0.39 is 5.97 Å². The lowest BCUT2D eigenvalue weighted by atomic mass is 10.1. The van der Waals surface area contributed by atoms with Crippen molar-refractivity contribution in [3.63, 3.8) is 0 Å². The van der Waals surface area contributed by atoms with E-state index in [9.17, 15) is 9.59 Å². The first-order chi connectivity index (χ1) is 9.52. The summed E-state index contributed by atoms with van der Waals surface area (Å²) in [4.78, 5) is 23.6. The van der Waals surface area contributed by atoms with Crippen LogP contribution in [0.4, 0.5) is 5.69 Å². The molecular weight excluding hydrogens is 258 g/mol. The number of benzene rings is 1. The minimum absolute atomic E-state index is 0.257. The van der Waals surface area contributed by atoms with E-state index >= 15 is 0 Å². The average Bonchev–Trinajstić information content (AvgIpc) is 2.86. The number of aryl methyl sites for hydroxylation is 2. The van der Waals surface area contributed by atoms with Crippen molar-refractivity contribution in [1.82, 2.24) is 0 Å². The number of hydrogen-bond donors (Lipinski definition) is 1. The molecule has 2 aromatic rings. The molecule has 1 aromatic heterocycles. The fourth-order valence-corrected chi connectivity index (χ4v) is 1.79. The van der Waals surface area contributed by atoms with E-state index in [1.165, 1.54) is 13.4 Å². The van der Waals surface area contributed by atoms with Crippen molar-refractivity contribution in [2.24, 2.45) is 0 Å². The minimum atomic E-state index is -0.449. The van der Waals surface area contributed by atoms with Gasteiger partial charge in [-0.2, -0.15) is 0 Å². The summed E-state index contributed by atoms with van der Waals surface area (Å²) in [6.45, 7) is 3.63. The highest BCUT2D eigenvalue weighted by atomic mass is 16.5. The molecule has 2 rings (SSSR count). The van der Waals surface area contributed by atoms with E-state index in [2.05, 4.69) is 10.1 Å². The molecule has 0 saturated carbocycles. The first-order valence-electron chi connectivity index (χ1n) is 6.07. The lowest BCUT2D eigenvalue weighted by Gasteiger charge is -2.09. The van der Waals surface area contributed by atoms with Gasteiger partial charge in [0.2, 0.25) is 0 Å². The molecule has 1 amide bonds. The standard InChI is InChI=1S/C15H15NO4/c1-9-4-5-11(15(18)19-3)8-12(9)16-14(17)13-10(2)6-7-20-13/h4-8H,1-3H3,(H,16,17). The van der Waals surface area contributed by atoms with E-state index in [0.29, 0.717) is 11.3 Å². The van der Waals surface area contributed by atoms with E-state index in [4.69, 9.17) is 4.42 Å². The predicted molar refractivity (Wildman–Crippen MR) is 73.9 cm³/mol. The van der Waals surface area contributed by atoms with Gasteiger partial charge in [-0.15, -0.1) is 0 Å². The molecule has 1 aromatic carbocycles. The maximum absolute atomic E-state index is 12.1. The van der Waals surface area contributed by atoms with Gasteiger partial charge >= 0.3 is 5.97 Å². The van der Waals surface area contributed by atoms with Crippen molar-refractivity contribution in [2.75, 3.05) is 12.4 Å². The second kappa shape index (κ2) is 5.61. The molecular formula is C15H15NO4. The zero-order chi connectivity index (χ0) is 14.7. The summed E-state index contributed by atoms with van der Waals surface area (Å²) < 4.78 is 9.79. The molecule has 0 aliphatic rings. The fraction of sp³-hybridized carbons (Fsp3) is 0.200. The number of furan rings is 1. The molecule has 1 N–H and O–H groups in total. The molecule has 5 heteroatoms. The van der Waals surface area contributed by atoms with Gasteiger partial charge in [0.05, 0.1) is 18.9 Å². The summed E-state index contributed by atoms with van der Waals surface area (Å²) in [6.07, 6.45) is 1.46. The SMILES string of the molecule is COC(=O)c1ccc(C)c(NC(=O)c2occc2C)c1. The van der Waals surface area contributed by atoms with Crippen molar-refractivity contribution in [3.8, 4) is 0 Å². The van der Waals surface area contributed by atoms with Gasteiger partial charge in [0, 0.05) is 11.3 Å². The Kier molecular flexibility index (Phi) is 3.89. The Morgan fingerprint density at radius 2 is 1.90 bits per heavy atom. The summed E-state index contributed by atoms with van der Waals surface area (Å²) in [5.74, 6) is -0.542. The topological polar surface area (TPSA) is 68.5 Å². The smallest absolute Gasteiger partial charge is 0.337 e. The first kappa shape index (κ1) is 13.9. The summed E-state index contributed by atoms with van der Waals surface area (Å²) >= 11 is 0. The quantitative estimate of drug-likeness (QED) is 0.873. The number of anilines is 1. The van der Waals surface area contributed by atoms with E-state index in [1.54, 1.807) is 31.2 Å². The molecule has 0 bridgehead atoms. The van der Waals surface area contributed by atoms with Gasteiger partial charge in [-0.1, -0.05) is 6.07 Å². The van der Waals surface area contributed by atoms with Gasteiger partial charge in [-0.25, -0.2) is 4.79 Å². The zero-order valence-corrected chi connectivity index (χ0v) is 11.5. The third kappa shape index (κ3) is 2.71. The molecule has 1 heterocycles. The third-order valence-corrected chi connectivity index (χ3v) is 2.98. The van der Waals surface area contributed by atoms with Crippen LogP contribution in [0.3, 0.4) is 0 Å². The summed E-state index contributed by atoms with van der Waals surface area (Å²) in [6, 6.07) is 6.69. The number of carbonyl (C=O) groups is 2. The van der Waals surface area contributed by atoms with Gasteiger partial charge < -0.3 is 14.5 Å². The number of hydrogen-bond acceptors (Lipinski definition) is 4. The molecule has 20 heavy (non-hydrogen) atoms. The largest absolute Gasteiger partial charge is 0.465 e.